The Morgan fingerprint density at radius 3 is 2.04 bits per heavy atom. The van der Waals surface area contributed by atoms with E-state index >= 15 is 0 Å². The fraction of sp³-hybridized carbons (Fsp3) is 0.364. The van der Waals surface area contributed by atoms with Crippen LogP contribution in [0.4, 0.5) is 0 Å². The second-order valence-corrected chi connectivity index (χ2v) is 7.14. The molecule has 0 aromatic heterocycles. The molecular weight excluding hydrogens is 340 g/mol. The molecule has 0 saturated carbocycles. The molecule has 1 aliphatic rings. The van der Waals surface area contributed by atoms with Crippen molar-refractivity contribution in [2.24, 2.45) is 5.41 Å². The molecule has 0 heterocycles. The lowest BCUT2D eigenvalue weighted by Crippen LogP contribution is -2.17. The minimum atomic E-state index is -0.0310. The molecule has 0 radical (unpaired) electrons. The second-order valence-electron chi connectivity index (χ2n) is 7.14. The summed E-state index contributed by atoms with van der Waals surface area (Å²) in [5.41, 5.74) is 2.77. The van der Waals surface area contributed by atoms with Crippen LogP contribution >= 0.6 is 0 Å². The van der Waals surface area contributed by atoms with E-state index < -0.39 is 0 Å². The van der Waals surface area contributed by atoms with E-state index in [-0.39, 0.29) is 11.0 Å². The highest BCUT2D eigenvalue weighted by molar-refractivity contribution is 5.68. The molecule has 1 aromatic carbocycles. The number of ether oxygens (including phenoxy) is 3. The maximum atomic E-state index is 9.21. The van der Waals surface area contributed by atoms with Gasteiger partial charge >= 0.3 is 0 Å². The predicted molar refractivity (Wildman–Crippen MR) is 104 cm³/mol. The highest BCUT2D eigenvalue weighted by atomic mass is 16.5. The minimum absolute atomic E-state index is 0.0310. The van der Waals surface area contributed by atoms with Crippen molar-refractivity contribution in [2.45, 2.75) is 26.7 Å². The lowest BCUT2D eigenvalue weighted by atomic mass is 9.74. The van der Waals surface area contributed by atoms with Crippen LogP contribution in [0.5, 0.6) is 17.2 Å². The maximum absolute atomic E-state index is 9.21. The average Bonchev–Trinajstić information content (AvgIpc) is 2.65. The van der Waals surface area contributed by atoms with Crippen LogP contribution in [0, 0.1) is 28.1 Å². The summed E-state index contributed by atoms with van der Waals surface area (Å²) in [7, 11) is 4.79. The van der Waals surface area contributed by atoms with Crippen LogP contribution in [0.15, 0.2) is 41.0 Å². The van der Waals surface area contributed by atoms with E-state index in [0.717, 1.165) is 23.1 Å². The Morgan fingerprint density at radius 2 is 1.56 bits per heavy atom. The minimum Gasteiger partial charge on any atom is -0.496 e. The number of benzene rings is 1. The monoisotopic (exact) mass is 364 g/mol. The Balaban J connectivity index is 2.50. The SMILES string of the molecule is COc1cc(OC)c(/C=C/C2=CC(=C(C#N)C#N)CC(C)(C)C2)c(OC)c1. The number of nitriles is 2. The van der Waals surface area contributed by atoms with E-state index in [2.05, 4.69) is 13.8 Å². The van der Waals surface area contributed by atoms with Gasteiger partial charge in [-0.25, -0.2) is 0 Å². The third-order valence-electron chi connectivity index (χ3n) is 4.47. The van der Waals surface area contributed by atoms with Gasteiger partial charge in [0.2, 0.25) is 0 Å². The predicted octanol–water partition coefficient (Wildman–Crippen LogP) is 4.82. The van der Waals surface area contributed by atoms with Gasteiger partial charge in [0.1, 0.15) is 35.0 Å². The molecule has 0 amide bonds. The summed E-state index contributed by atoms with van der Waals surface area (Å²) in [6, 6.07) is 7.60. The van der Waals surface area contributed by atoms with Crippen molar-refractivity contribution >= 4 is 6.08 Å². The van der Waals surface area contributed by atoms with Crippen molar-refractivity contribution in [3.8, 4) is 29.4 Å². The first kappa shape index (κ1) is 20.1. The summed E-state index contributed by atoms with van der Waals surface area (Å²) >= 11 is 0. The molecule has 140 valence electrons. The Labute approximate surface area is 160 Å². The standard InChI is InChI=1S/C22H24N2O3/c1-22(2)11-15(8-16(12-22)17(13-23)14-24)6-7-19-20(26-4)9-18(25-3)10-21(19)27-5/h6-10H,11-12H2,1-5H3/b7-6+. The Kier molecular flexibility index (Phi) is 6.32. The van der Waals surface area contributed by atoms with E-state index in [0.29, 0.717) is 23.7 Å². The van der Waals surface area contributed by atoms with Crippen molar-refractivity contribution in [3.63, 3.8) is 0 Å². The summed E-state index contributed by atoms with van der Waals surface area (Å²) in [6.45, 7) is 4.27. The number of allylic oxidation sites excluding steroid dienone is 5. The van der Waals surface area contributed by atoms with Gasteiger partial charge < -0.3 is 14.2 Å². The Bertz CT molecular complexity index is 852. The zero-order valence-electron chi connectivity index (χ0n) is 16.4. The van der Waals surface area contributed by atoms with Crippen LogP contribution < -0.4 is 14.2 Å². The van der Waals surface area contributed by atoms with Gasteiger partial charge in [0.05, 0.1) is 26.9 Å². The molecule has 0 aliphatic heterocycles. The summed E-state index contributed by atoms with van der Waals surface area (Å²) < 4.78 is 16.2. The number of hydrogen-bond donors (Lipinski definition) is 0. The fourth-order valence-electron chi connectivity index (χ4n) is 3.28. The molecule has 5 nitrogen and oxygen atoms in total. The fourth-order valence-corrected chi connectivity index (χ4v) is 3.28. The number of rotatable bonds is 5. The van der Waals surface area contributed by atoms with Crippen molar-refractivity contribution in [3.05, 3.63) is 46.6 Å². The molecule has 0 unspecified atom stereocenters. The Morgan fingerprint density at radius 1 is 0.963 bits per heavy atom. The summed E-state index contributed by atoms with van der Waals surface area (Å²) in [5, 5.41) is 18.4. The van der Waals surface area contributed by atoms with Gasteiger partial charge in [-0.2, -0.15) is 10.5 Å². The molecule has 27 heavy (non-hydrogen) atoms. The van der Waals surface area contributed by atoms with Crippen LogP contribution in [0.3, 0.4) is 0 Å². The largest absolute Gasteiger partial charge is 0.496 e. The molecule has 0 spiro atoms. The third-order valence-corrected chi connectivity index (χ3v) is 4.47. The average molecular weight is 364 g/mol. The van der Waals surface area contributed by atoms with Gasteiger partial charge in [0.15, 0.2) is 0 Å². The van der Waals surface area contributed by atoms with Crippen molar-refractivity contribution in [1.29, 1.82) is 10.5 Å². The Hall–Kier alpha value is -3.18. The van der Waals surface area contributed by atoms with E-state index in [9.17, 15) is 10.5 Å². The van der Waals surface area contributed by atoms with Gasteiger partial charge in [-0.05, 0) is 35.5 Å². The molecule has 1 aliphatic carbocycles. The molecule has 0 bridgehead atoms. The van der Waals surface area contributed by atoms with Crippen molar-refractivity contribution < 1.29 is 14.2 Å². The van der Waals surface area contributed by atoms with Crippen LogP contribution in [0.2, 0.25) is 0 Å². The highest BCUT2D eigenvalue weighted by Crippen LogP contribution is 2.40. The third kappa shape index (κ3) is 4.71. The number of hydrogen-bond acceptors (Lipinski definition) is 5. The molecule has 0 N–H and O–H groups in total. The molecule has 5 heteroatoms. The van der Waals surface area contributed by atoms with Crippen LogP contribution in [0.25, 0.3) is 6.08 Å². The van der Waals surface area contributed by atoms with Gasteiger partial charge in [-0.3, -0.25) is 0 Å². The van der Waals surface area contributed by atoms with Gasteiger partial charge in [-0.15, -0.1) is 0 Å². The van der Waals surface area contributed by atoms with Crippen LogP contribution in [-0.2, 0) is 0 Å². The lowest BCUT2D eigenvalue weighted by molar-refractivity contribution is 0.354. The second kappa shape index (κ2) is 8.47. The summed E-state index contributed by atoms with van der Waals surface area (Å²) in [5.74, 6) is 1.93. The van der Waals surface area contributed by atoms with Crippen LogP contribution in [0.1, 0.15) is 32.3 Å². The van der Waals surface area contributed by atoms with Crippen LogP contribution in [-0.4, -0.2) is 21.3 Å². The first-order valence-corrected chi connectivity index (χ1v) is 8.59. The quantitative estimate of drug-likeness (QED) is 0.701. The van der Waals surface area contributed by atoms with Gasteiger partial charge in [0, 0.05) is 12.1 Å². The summed E-state index contributed by atoms with van der Waals surface area (Å²) in [6.07, 6.45) is 7.40. The zero-order valence-corrected chi connectivity index (χ0v) is 16.4. The van der Waals surface area contributed by atoms with Crippen molar-refractivity contribution in [2.75, 3.05) is 21.3 Å². The topological polar surface area (TPSA) is 75.3 Å². The van der Waals surface area contributed by atoms with Gasteiger partial charge in [0.25, 0.3) is 0 Å². The molecule has 0 atom stereocenters. The number of methoxy groups -OCH3 is 3. The number of nitrogens with zero attached hydrogens (tertiary/aromatic N) is 2. The first-order chi connectivity index (χ1) is 12.9. The zero-order chi connectivity index (χ0) is 20.0. The van der Waals surface area contributed by atoms with E-state index in [1.165, 1.54) is 0 Å². The normalized spacial score (nSPS) is 15.5. The van der Waals surface area contributed by atoms with E-state index in [4.69, 9.17) is 14.2 Å². The van der Waals surface area contributed by atoms with E-state index in [1.54, 1.807) is 33.5 Å². The first-order valence-electron chi connectivity index (χ1n) is 8.59. The maximum Gasteiger partial charge on any atom is 0.133 e. The summed E-state index contributed by atoms with van der Waals surface area (Å²) in [4.78, 5) is 0. The lowest BCUT2D eigenvalue weighted by Gasteiger charge is -2.30. The molecule has 2 rings (SSSR count). The molecule has 0 fully saturated rings. The smallest absolute Gasteiger partial charge is 0.133 e. The molecule has 1 aromatic rings. The molecule has 0 saturated heterocycles. The highest BCUT2D eigenvalue weighted by Gasteiger charge is 2.26. The van der Waals surface area contributed by atoms with E-state index in [1.807, 2.05) is 30.4 Å². The molecular formula is C22H24N2O3. The van der Waals surface area contributed by atoms with Crippen molar-refractivity contribution in [1.82, 2.24) is 0 Å². The van der Waals surface area contributed by atoms with Gasteiger partial charge in [-0.1, -0.05) is 26.0 Å².